The van der Waals surface area contributed by atoms with Crippen molar-refractivity contribution in [2.24, 2.45) is 16.8 Å². The van der Waals surface area contributed by atoms with E-state index in [1.807, 2.05) is 6.92 Å². The van der Waals surface area contributed by atoms with E-state index in [1.54, 1.807) is 4.90 Å². The van der Waals surface area contributed by atoms with Crippen LogP contribution in [-0.2, 0) is 4.79 Å². The molecule has 0 radical (unpaired) electrons. The molecule has 0 aromatic heterocycles. The van der Waals surface area contributed by atoms with Crippen LogP contribution in [0.15, 0.2) is 5.11 Å². The number of nitrogens with two attached hydrogens (primary N) is 1. The van der Waals surface area contributed by atoms with E-state index in [2.05, 4.69) is 10.0 Å². The number of azide groups is 1. The lowest BCUT2D eigenvalue weighted by atomic mass is 10.1. The highest BCUT2D eigenvalue weighted by Crippen LogP contribution is 2.19. The minimum Gasteiger partial charge on any atom is -0.338 e. The zero-order valence-corrected chi connectivity index (χ0v) is 8.26. The molecule has 1 rings (SSSR count). The van der Waals surface area contributed by atoms with Crippen LogP contribution in [0.2, 0.25) is 0 Å². The first-order chi connectivity index (χ1) is 6.69. The Labute approximate surface area is 82.7 Å². The van der Waals surface area contributed by atoms with E-state index in [-0.39, 0.29) is 17.9 Å². The summed E-state index contributed by atoms with van der Waals surface area (Å²) < 4.78 is 0. The molecular weight excluding hydrogens is 182 g/mol. The molecule has 0 saturated carbocycles. The maximum atomic E-state index is 11.5. The molecule has 1 heterocycles. The third kappa shape index (κ3) is 2.37. The van der Waals surface area contributed by atoms with Crippen molar-refractivity contribution in [3.63, 3.8) is 0 Å². The number of hydrogen-bond donors (Lipinski definition) is 1. The summed E-state index contributed by atoms with van der Waals surface area (Å²) in [6.07, 6.45) is 0.476. The molecule has 1 aliphatic heterocycles. The van der Waals surface area contributed by atoms with Crippen molar-refractivity contribution >= 4 is 5.91 Å². The third-order valence-electron chi connectivity index (χ3n) is 2.51. The Morgan fingerprint density at radius 3 is 3.14 bits per heavy atom. The van der Waals surface area contributed by atoms with E-state index in [4.69, 9.17) is 11.3 Å². The molecule has 1 fully saturated rings. The first-order valence-corrected chi connectivity index (χ1v) is 4.69. The number of hydrogen-bond acceptors (Lipinski definition) is 3. The van der Waals surface area contributed by atoms with Gasteiger partial charge in [0.1, 0.15) is 0 Å². The number of nitrogens with zero attached hydrogens (tertiary/aromatic N) is 4. The fourth-order valence-corrected chi connectivity index (χ4v) is 1.64. The van der Waals surface area contributed by atoms with Crippen LogP contribution >= 0.6 is 0 Å². The molecule has 0 aliphatic carbocycles. The molecule has 0 aromatic rings. The second-order valence-electron chi connectivity index (χ2n) is 3.61. The standard InChI is InChI=1S/C8H15N5O/c1-6(3-9)13-5-7(2-8(13)14)4-11-12-10/h6-7H,2-5,9H2,1H3. The van der Waals surface area contributed by atoms with Crippen molar-refractivity contribution in [2.45, 2.75) is 19.4 Å². The van der Waals surface area contributed by atoms with Gasteiger partial charge in [-0.3, -0.25) is 4.79 Å². The predicted octanol–water partition coefficient (Wildman–Crippen LogP) is 0.492. The molecule has 2 unspecified atom stereocenters. The van der Waals surface area contributed by atoms with Crippen LogP contribution < -0.4 is 5.73 Å². The highest BCUT2D eigenvalue weighted by molar-refractivity contribution is 5.79. The van der Waals surface area contributed by atoms with Gasteiger partial charge in [-0.2, -0.15) is 0 Å². The van der Waals surface area contributed by atoms with Crippen molar-refractivity contribution in [3.8, 4) is 0 Å². The Morgan fingerprint density at radius 1 is 1.86 bits per heavy atom. The van der Waals surface area contributed by atoms with Crippen LogP contribution in [0.25, 0.3) is 10.4 Å². The number of carbonyl (C=O) groups is 1. The molecule has 6 nitrogen and oxygen atoms in total. The average Bonchev–Trinajstić information content (AvgIpc) is 2.55. The van der Waals surface area contributed by atoms with E-state index in [0.29, 0.717) is 26.1 Å². The fourth-order valence-electron chi connectivity index (χ4n) is 1.64. The highest BCUT2D eigenvalue weighted by Gasteiger charge is 2.31. The van der Waals surface area contributed by atoms with Gasteiger partial charge in [-0.05, 0) is 18.4 Å². The highest BCUT2D eigenvalue weighted by atomic mass is 16.2. The molecule has 0 bridgehead atoms. The number of rotatable bonds is 4. The third-order valence-corrected chi connectivity index (χ3v) is 2.51. The van der Waals surface area contributed by atoms with Gasteiger partial charge in [-0.15, -0.1) is 0 Å². The molecule has 1 amide bonds. The fraction of sp³-hybridized carbons (Fsp3) is 0.875. The Balaban J connectivity index is 2.51. The maximum Gasteiger partial charge on any atom is 0.223 e. The van der Waals surface area contributed by atoms with Gasteiger partial charge >= 0.3 is 0 Å². The largest absolute Gasteiger partial charge is 0.338 e. The van der Waals surface area contributed by atoms with Gasteiger partial charge in [-0.1, -0.05) is 5.11 Å². The summed E-state index contributed by atoms with van der Waals surface area (Å²) in [5, 5.41) is 3.48. The van der Waals surface area contributed by atoms with Crippen LogP contribution in [0.5, 0.6) is 0 Å². The molecule has 0 spiro atoms. The number of carbonyl (C=O) groups excluding carboxylic acids is 1. The summed E-state index contributed by atoms with van der Waals surface area (Å²) >= 11 is 0. The molecule has 1 saturated heterocycles. The minimum atomic E-state index is 0.0820. The topological polar surface area (TPSA) is 95.1 Å². The SMILES string of the molecule is CC(CN)N1CC(CN=[N+]=[N-])CC1=O. The van der Waals surface area contributed by atoms with Gasteiger partial charge in [-0.25, -0.2) is 0 Å². The van der Waals surface area contributed by atoms with Crippen LogP contribution in [-0.4, -0.2) is 36.5 Å². The van der Waals surface area contributed by atoms with E-state index < -0.39 is 0 Å². The summed E-state index contributed by atoms with van der Waals surface area (Å²) in [5.41, 5.74) is 13.6. The van der Waals surface area contributed by atoms with Gasteiger partial charge in [0, 0.05) is 37.0 Å². The van der Waals surface area contributed by atoms with E-state index in [9.17, 15) is 4.79 Å². The molecule has 78 valence electrons. The van der Waals surface area contributed by atoms with E-state index in [0.717, 1.165) is 0 Å². The quantitative estimate of drug-likeness (QED) is 0.403. The molecular formula is C8H15N5O. The van der Waals surface area contributed by atoms with Crippen molar-refractivity contribution in [1.82, 2.24) is 4.90 Å². The Morgan fingerprint density at radius 2 is 2.57 bits per heavy atom. The summed E-state index contributed by atoms with van der Waals surface area (Å²) in [6.45, 7) is 3.46. The average molecular weight is 197 g/mol. The van der Waals surface area contributed by atoms with Gasteiger partial charge in [0.15, 0.2) is 0 Å². The van der Waals surface area contributed by atoms with Crippen molar-refractivity contribution in [1.29, 1.82) is 0 Å². The Hall–Kier alpha value is -1.26. The Kier molecular flexibility index (Phi) is 3.73. The van der Waals surface area contributed by atoms with Gasteiger partial charge < -0.3 is 10.6 Å². The normalized spacial score (nSPS) is 23.4. The molecule has 14 heavy (non-hydrogen) atoms. The number of amides is 1. The summed E-state index contributed by atoms with van der Waals surface area (Å²) in [7, 11) is 0. The maximum absolute atomic E-state index is 11.5. The lowest BCUT2D eigenvalue weighted by Crippen LogP contribution is -2.39. The summed E-state index contributed by atoms with van der Waals surface area (Å²) in [6, 6.07) is 0.0820. The second kappa shape index (κ2) is 4.83. The number of likely N-dealkylation sites (tertiary alicyclic amines) is 1. The van der Waals surface area contributed by atoms with Crippen LogP contribution in [0.3, 0.4) is 0 Å². The zero-order valence-electron chi connectivity index (χ0n) is 8.26. The van der Waals surface area contributed by atoms with Crippen molar-refractivity contribution < 1.29 is 4.79 Å². The van der Waals surface area contributed by atoms with Gasteiger partial charge in [0.05, 0.1) is 0 Å². The summed E-state index contributed by atoms with van der Waals surface area (Å²) in [4.78, 5) is 15.9. The first kappa shape index (κ1) is 10.8. The van der Waals surface area contributed by atoms with E-state index >= 15 is 0 Å². The van der Waals surface area contributed by atoms with Crippen molar-refractivity contribution in [3.05, 3.63) is 10.4 Å². The summed E-state index contributed by atoms with van der Waals surface area (Å²) in [5.74, 6) is 0.272. The monoisotopic (exact) mass is 197 g/mol. The molecule has 2 atom stereocenters. The van der Waals surface area contributed by atoms with Crippen LogP contribution in [0, 0.1) is 5.92 Å². The minimum absolute atomic E-state index is 0.0820. The van der Waals surface area contributed by atoms with E-state index in [1.165, 1.54) is 0 Å². The lowest BCUT2D eigenvalue weighted by molar-refractivity contribution is -0.129. The van der Waals surface area contributed by atoms with Crippen molar-refractivity contribution in [2.75, 3.05) is 19.6 Å². The van der Waals surface area contributed by atoms with Crippen LogP contribution in [0.4, 0.5) is 0 Å². The second-order valence-corrected chi connectivity index (χ2v) is 3.61. The molecule has 6 heteroatoms. The molecule has 1 aliphatic rings. The predicted molar refractivity (Wildman–Crippen MR) is 52.3 cm³/mol. The van der Waals surface area contributed by atoms with Crippen LogP contribution in [0.1, 0.15) is 13.3 Å². The zero-order chi connectivity index (χ0) is 10.6. The van der Waals surface area contributed by atoms with Gasteiger partial charge in [0.25, 0.3) is 0 Å². The lowest BCUT2D eigenvalue weighted by Gasteiger charge is -2.23. The molecule has 2 N–H and O–H groups in total. The first-order valence-electron chi connectivity index (χ1n) is 4.69. The molecule has 0 aromatic carbocycles. The van der Waals surface area contributed by atoms with Gasteiger partial charge in [0.2, 0.25) is 5.91 Å². The smallest absolute Gasteiger partial charge is 0.223 e. The Bertz CT molecular complexity index is 260.